The molecule has 124 valence electrons. The van der Waals surface area contributed by atoms with Crippen LogP contribution in [0.2, 0.25) is 0 Å². The third-order valence-corrected chi connectivity index (χ3v) is 4.15. The van der Waals surface area contributed by atoms with Gasteiger partial charge in [0.1, 0.15) is 0 Å². The van der Waals surface area contributed by atoms with E-state index in [9.17, 15) is 4.79 Å². The Morgan fingerprint density at radius 2 is 1.78 bits per heavy atom. The number of amides is 1. The van der Waals surface area contributed by atoms with Gasteiger partial charge in [-0.3, -0.25) is 4.79 Å². The largest absolute Gasteiger partial charge is 0.394 e. The monoisotopic (exact) mass is 314 g/mol. The zero-order valence-corrected chi connectivity index (χ0v) is 14.6. The molecule has 1 unspecified atom stereocenters. The Balaban J connectivity index is 2.35. The third kappa shape index (κ3) is 3.64. The van der Waals surface area contributed by atoms with Crippen LogP contribution in [-0.4, -0.2) is 28.2 Å². The lowest BCUT2D eigenvalue weighted by molar-refractivity contribution is 0.0921. The summed E-state index contributed by atoms with van der Waals surface area (Å²) in [5.74, 6) is 0.349. The summed E-state index contributed by atoms with van der Waals surface area (Å²) in [4.78, 5) is 12.3. The van der Waals surface area contributed by atoms with E-state index >= 15 is 0 Å². The first kappa shape index (κ1) is 17.3. The second-order valence-electron chi connectivity index (χ2n) is 6.42. The topological polar surface area (TPSA) is 54.3 Å². The van der Waals surface area contributed by atoms with Crippen LogP contribution in [-0.2, 0) is 0 Å². The van der Waals surface area contributed by atoms with Gasteiger partial charge in [0.15, 0.2) is 0 Å². The van der Waals surface area contributed by atoms with E-state index in [1.165, 1.54) is 5.56 Å². The Morgan fingerprint density at radius 3 is 2.30 bits per heavy atom. The lowest BCUT2D eigenvalue weighted by Gasteiger charge is -2.13. The first-order valence-electron chi connectivity index (χ1n) is 8.06. The average molecular weight is 314 g/mol. The molecule has 0 aliphatic heterocycles. The number of aliphatic hydroxyl groups is 1. The van der Waals surface area contributed by atoms with Gasteiger partial charge in [-0.25, -0.2) is 0 Å². The van der Waals surface area contributed by atoms with Crippen molar-refractivity contribution in [1.82, 2.24) is 9.88 Å². The maximum atomic E-state index is 12.3. The molecule has 2 aromatic rings. The first-order chi connectivity index (χ1) is 10.8. The molecule has 4 heteroatoms. The lowest BCUT2D eigenvalue weighted by atomic mass is 10.0. The fourth-order valence-corrected chi connectivity index (χ4v) is 2.75. The normalized spacial score (nSPS) is 12.5. The summed E-state index contributed by atoms with van der Waals surface area (Å²) in [6, 6.07) is 10.1. The molecule has 2 rings (SSSR count). The van der Waals surface area contributed by atoms with Crippen LogP contribution in [0.5, 0.6) is 0 Å². The van der Waals surface area contributed by atoms with Crippen LogP contribution >= 0.6 is 0 Å². The van der Waals surface area contributed by atoms with Crippen LogP contribution in [0.15, 0.2) is 30.3 Å². The van der Waals surface area contributed by atoms with Crippen molar-refractivity contribution in [2.24, 2.45) is 0 Å². The van der Waals surface area contributed by atoms with Crippen LogP contribution in [0.25, 0.3) is 5.69 Å². The molecule has 1 aromatic carbocycles. The number of benzene rings is 1. The molecule has 0 aliphatic rings. The highest BCUT2D eigenvalue weighted by Crippen LogP contribution is 2.23. The molecule has 1 amide bonds. The maximum Gasteiger partial charge on any atom is 0.253 e. The summed E-state index contributed by atoms with van der Waals surface area (Å²) >= 11 is 0. The number of carbonyl (C=O) groups excluding carboxylic acids is 1. The fraction of sp³-hybridized carbons (Fsp3) is 0.421. The van der Waals surface area contributed by atoms with Gasteiger partial charge in [-0.15, -0.1) is 0 Å². The van der Waals surface area contributed by atoms with Gasteiger partial charge < -0.3 is 15.0 Å². The highest BCUT2D eigenvalue weighted by atomic mass is 16.3. The highest BCUT2D eigenvalue weighted by molar-refractivity contribution is 5.96. The summed E-state index contributed by atoms with van der Waals surface area (Å²) in [6.45, 7) is 10.00. The molecule has 0 fully saturated rings. The molecule has 1 aromatic heterocycles. The van der Waals surface area contributed by atoms with Crippen LogP contribution < -0.4 is 5.32 Å². The lowest BCUT2D eigenvalue weighted by Crippen LogP contribution is -2.35. The zero-order chi connectivity index (χ0) is 17.1. The molecule has 23 heavy (non-hydrogen) atoms. The fourth-order valence-electron chi connectivity index (χ4n) is 2.75. The van der Waals surface area contributed by atoms with Gasteiger partial charge in [-0.2, -0.15) is 0 Å². The van der Waals surface area contributed by atoms with Crippen molar-refractivity contribution in [3.8, 4) is 5.69 Å². The quantitative estimate of drug-likeness (QED) is 0.889. The zero-order valence-electron chi connectivity index (χ0n) is 14.6. The van der Waals surface area contributed by atoms with Crippen molar-refractivity contribution in [2.75, 3.05) is 6.61 Å². The van der Waals surface area contributed by atoms with Gasteiger partial charge in [0.05, 0.1) is 12.2 Å². The van der Waals surface area contributed by atoms with E-state index in [0.29, 0.717) is 11.5 Å². The number of rotatable bonds is 5. The van der Waals surface area contributed by atoms with E-state index in [2.05, 4.69) is 48.0 Å². The van der Waals surface area contributed by atoms with E-state index in [1.54, 1.807) is 6.92 Å². The molecule has 0 radical (unpaired) electrons. The summed E-state index contributed by atoms with van der Waals surface area (Å²) in [6.07, 6.45) is 0. The van der Waals surface area contributed by atoms with Gasteiger partial charge in [0, 0.05) is 23.1 Å². The van der Waals surface area contributed by atoms with E-state index in [-0.39, 0.29) is 18.6 Å². The van der Waals surface area contributed by atoms with Crippen LogP contribution in [0.4, 0.5) is 0 Å². The van der Waals surface area contributed by atoms with Crippen LogP contribution in [0, 0.1) is 13.8 Å². The number of nitrogens with one attached hydrogen (secondary N) is 1. The van der Waals surface area contributed by atoms with Crippen LogP contribution in [0.1, 0.15) is 54.0 Å². The Hall–Kier alpha value is -2.07. The SMILES string of the molecule is Cc1cc(C(=O)NC(C)CO)c(C)n1-c1ccc(C(C)C)cc1. The molecule has 1 heterocycles. The molecule has 0 aliphatic carbocycles. The minimum absolute atomic E-state index is 0.0683. The predicted molar refractivity (Wildman–Crippen MR) is 93.3 cm³/mol. The predicted octanol–water partition coefficient (Wildman–Crippen LogP) is 3.33. The number of aryl methyl sites for hydroxylation is 1. The van der Waals surface area contributed by atoms with Crippen LogP contribution in [0.3, 0.4) is 0 Å². The molecule has 2 N–H and O–H groups in total. The molecular formula is C19H26N2O2. The van der Waals surface area contributed by atoms with Gasteiger partial charge in [-0.1, -0.05) is 26.0 Å². The maximum absolute atomic E-state index is 12.3. The second-order valence-corrected chi connectivity index (χ2v) is 6.42. The number of hydrogen-bond donors (Lipinski definition) is 2. The molecule has 0 spiro atoms. The standard InChI is InChI=1S/C19H26N2O2/c1-12(2)16-6-8-17(9-7-16)21-14(4)10-18(15(21)5)19(23)20-13(3)11-22/h6-10,12-13,22H,11H2,1-5H3,(H,20,23). The Labute approximate surface area is 138 Å². The molecule has 1 atom stereocenters. The summed E-state index contributed by atoms with van der Waals surface area (Å²) in [7, 11) is 0. The van der Waals surface area contributed by atoms with Crippen molar-refractivity contribution >= 4 is 5.91 Å². The number of hydrogen-bond acceptors (Lipinski definition) is 2. The van der Waals surface area contributed by atoms with Gasteiger partial charge >= 0.3 is 0 Å². The third-order valence-electron chi connectivity index (χ3n) is 4.15. The molecule has 0 saturated carbocycles. The Bertz CT molecular complexity index is 684. The van der Waals surface area contributed by atoms with Crippen molar-refractivity contribution < 1.29 is 9.90 Å². The Kier molecular flexibility index (Phi) is 5.26. The molecule has 0 bridgehead atoms. The van der Waals surface area contributed by atoms with Gasteiger partial charge in [0.25, 0.3) is 5.91 Å². The molecule has 4 nitrogen and oxygen atoms in total. The minimum atomic E-state index is -0.254. The molecular weight excluding hydrogens is 288 g/mol. The van der Waals surface area contributed by atoms with E-state index < -0.39 is 0 Å². The molecule has 0 saturated heterocycles. The van der Waals surface area contributed by atoms with Gasteiger partial charge in [-0.05, 0) is 50.5 Å². The Morgan fingerprint density at radius 1 is 1.17 bits per heavy atom. The number of nitrogens with zero attached hydrogens (tertiary/aromatic N) is 1. The van der Waals surface area contributed by atoms with Crippen molar-refractivity contribution in [3.63, 3.8) is 0 Å². The minimum Gasteiger partial charge on any atom is -0.394 e. The summed E-state index contributed by atoms with van der Waals surface area (Å²) in [5.41, 5.74) is 4.92. The van der Waals surface area contributed by atoms with Crippen molar-refractivity contribution in [1.29, 1.82) is 0 Å². The first-order valence-corrected chi connectivity index (χ1v) is 8.06. The number of carbonyl (C=O) groups is 1. The average Bonchev–Trinajstić information content (AvgIpc) is 2.82. The highest BCUT2D eigenvalue weighted by Gasteiger charge is 2.18. The number of aliphatic hydroxyl groups excluding tert-OH is 1. The van der Waals surface area contributed by atoms with E-state index in [0.717, 1.165) is 17.1 Å². The second kappa shape index (κ2) is 7.01. The summed E-state index contributed by atoms with van der Waals surface area (Å²) in [5, 5.41) is 11.9. The van der Waals surface area contributed by atoms with Crippen molar-refractivity contribution in [3.05, 3.63) is 52.8 Å². The van der Waals surface area contributed by atoms with E-state index in [1.807, 2.05) is 19.9 Å². The smallest absolute Gasteiger partial charge is 0.253 e. The van der Waals surface area contributed by atoms with Gasteiger partial charge in [0.2, 0.25) is 0 Å². The number of aromatic nitrogens is 1. The summed E-state index contributed by atoms with van der Waals surface area (Å²) < 4.78 is 2.09. The van der Waals surface area contributed by atoms with E-state index in [4.69, 9.17) is 5.11 Å². The van der Waals surface area contributed by atoms with Crippen molar-refractivity contribution in [2.45, 2.75) is 46.6 Å².